The Labute approximate surface area is 219 Å². The molecule has 0 atom stereocenters. The number of unbranched alkanes of at least 4 members (excludes halogenated alkanes) is 12. The van der Waals surface area contributed by atoms with E-state index >= 15 is 0 Å². The fourth-order valence-corrected chi connectivity index (χ4v) is 4.10. The normalized spacial score (nSPS) is 10.4. The summed E-state index contributed by atoms with van der Waals surface area (Å²) in [6.07, 6.45) is 28.2. The van der Waals surface area contributed by atoms with E-state index in [0.29, 0.717) is 0 Å². The molecule has 0 fully saturated rings. The first kappa shape index (κ1) is 31.3. The smallest absolute Gasteiger partial charge is 0.169 e. The van der Waals surface area contributed by atoms with Crippen LogP contribution >= 0.6 is 0 Å². The van der Waals surface area contributed by atoms with E-state index in [9.17, 15) is 0 Å². The summed E-state index contributed by atoms with van der Waals surface area (Å²) in [6, 6.07) is 9.04. The van der Waals surface area contributed by atoms with E-state index < -0.39 is 0 Å². The SMILES string of the molecule is CCCCCCCCC[n+]1ccc(-c2cc[n+](CCCCCCCCC)cc2)cc1.[Br-].[Br-]. The van der Waals surface area contributed by atoms with Crippen LogP contribution in [0.2, 0.25) is 0 Å². The highest BCUT2D eigenvalue weighted by Crippen LogP contribution is 2.16. The highest BCUT2D eigenvalue weighted by molar-refractivity contribution is 5.60. The molecular weight excluding hydrogens is 524 g/mol. The summed E-state index contributed by atoms with van der Waals surface area (Å²) in [5.74, 6) is 0. The second-order valence-electron chi connectivity index (χ2n) is 8.89. The van der Waals surface area contributed by atoms with Crippen molar-refractivity contribution < 1.29 is 43.1 Å². The van der Waals surface area contributed by atoms with E-state index in [-0.39, 0.29) is 34.0 Å². The van der Waals surface area contributed by atoms with Gasteiger partial charge in [-0.1, -0.05) is 78.1 Å². The van der Waals surface area contributed by atoms with Gasteiger partial charge in [0, 0.05) is 37.1 Å². The van der Waals surface area contributed by atoms with Gasteiger partial charge in [0.1, 0.15) is 13.1 Å². The zero-order valence-corrected chi connectivity index (χ0v) is 23.8. The third kappa shape index (κ3) is 13.7. The van der Waals surface area contributed by atoms with Crippen LogP contribution in [0.5, 0.6) is 0 Å². The molecule has 2 nitrogen and oxygen atoms in total. The van der Waals surface area contributed by atoms with Crippen molar-refractivity contribution in [2.75, 3.05) is 0 Å². The number of rotatable bonds is 17. The van der Waals surface area contributed by atoms with Crippen LogP contribution in [0.3, 0.4) is 0 Å². The summed E-state index contributed by atoms with van der Waals surface area (Å²) in [7, 11) is 0. The molecule has 0 saturated heterocycles. The predicted molar refractivity (Wildman–Crippen MR) is 128 cm³/mol. The van der Waals surface area contributed by atoms with E-state index in [4.69, 9.17) is 0 Å². The van der Waals surface area contributed by atoms with Gasteiger partial charge in [-0.25, -0.2) is 9.13 Å². The van der Waals surface area contributed by atoms with Gasteiger partial charge in [0.15, 0.2) is 24.8 Å². The Bertz CT molecular complexity index is 597. The topological polar surface area (TPSA) is 7.76 Å². The Hall–Kier alpha value is -0.740. The van der Waals surface area contributed by atoms with Gasteiger partial charge in [-0.2, -0.15) is 0 Å². The average Bonchev–Trinajstić information content (AvgIpc) is 2.79. The minimum atomic E-state index is 0. The standard InChI is InChI=1S/C28H46N2.2BrH/c1-3-5-7-9-11-13-15-21-29-23-17-27(18-24-29)28-19-25-30(26-20-28)22-16-14-12-10-8-6-4-2;;/h17-20,23-26H,3-16,21-22H2,1-2H3;2*1H/q+2;;/p-2. The molecule has 2 aromatic rings. The fourth-order valence-electron chi connectivity index (χ4n) is 4.10. The molecule has 0 aliphatic rings. The van der Waals surface area contributed by atoms with Gasteiger partial charge < -0.3 is 34.0 Å². The van der Waals surface area contributed by atoms with Crippen molar-refractivity contribution >= 4 is 0 Å². The van der Waals surface area contributed by atoms with E-state index in [2.05, 4.69) is 72.0 Å². The van der Waals surface area contributed by atoms with Crippen molar-refractivity contribution in [2.45, 2.75) is 117 Å². The van der Waals surface area contributed by atoms with Crippen LogP contribution in [-0.2, 0) is 13.1 Å². The molecule has 0 amide bonds. The van der Waals surface area contributed by atoms with Gasteiger partial charge in [0.2, 0.25) is 0 Å². The van der Waals surface area contributed by atoms with Gasteiger partial charge in [-0.3, -0.25) is 0 Å². The number of hydrogen-bond donors (Lipinski definition) is 0. The highest BCUT2D eigenvalue weighted by atomic mass is 79.9. The molecule has 0 N–H and O–H groups in total. The lowest BCUT2D eigenvalue weighted by Crippen LogP contribution is -3.00. The Kier molecular flexibility index (Phi) is 20.4. The van der Waals surface area contributed by atoms with E-state index in [1.807, 2.05) is 0 Å². The van der Waals surface area contributed by atoms with Crippen molar-refractivity contribution in [3.63, 3.8) is 0 Å². The monoisotopic (exact) mass is 568 g/mol. The van der Waals surface area contributed by atoms with Crippen LogP contribution in [0.25, 0.3) is 11.1 Å². The third-order valence-corrected chi connectivity index (χ3v) is 6.16. The largest absolute Gasteiger partial charge is 1.00 e. The van der Waals surface area contributed by atoms with Gasteiger partial charge in [-0.15, -0.1) is 0 Å². The maximum atomic E-state index is 2.33. The minimum absolute atomic E-state index is 0. The summed E-state index contributed by atoms with van der Waals surface area (Å²) in [5.41, 5.74) is 2.63. The molecule has 0 aliphatic heterocycles. The average molecular weight is 570 g/mol. The first-order valence-corrected chi connectivity index (χ1v) is 12.8. The van der Waals surface area contributed by atoms with E-state index in [0.717, 1.165) is 13.1 Å². The first-order valence-electron chi connectivity index (χ1n) is 12.8. The lowest BCUT2D eigenvalue weighted by Gasteiger charge is -2.03. The summed E-state index contributed by atoms with van der Waals surface area (Å²) >= 11 is 0. The zero-order chi connectivity index (χ0) is 21.3. The Morgan fingerprint density at radius 1 is 0.438 bits per heavy atom. The van der Waals surface area contributed by atoms with Crippen molar-refractivity contribution in [3.05, 3.63) is 49.1 Å². The molecule has 2 rings (SSSR count). The number of pyridine rings is 2. The minimum Gasteiger partial charge on any atom is -1.00 e. The lowest BCUT2D eigenvalue weighted by atomic mass is 10.1. The second kappa shape index (κ2) is 20.8. The maximum absolute atomic E-state index is 2.33. The van der Waals surface area contributed by atoms with Crippen LogP contribution in [0.15, 0.2) is 49.1 Å². The fraction of sp³-hybridized carbons (Fsp3) is 0.643. The van der Waals surface area contributed by atoms with E-state index in [1.165, 1.54) is 101 Å². The maximum Gasteiger partial charge on any atom is 0.169 e. The molecule has 0 saturated carbocycles. The van der Waals surface area contributed by atoms with Gasteiger partial charge in [0.25, 0.3) is 0 Å². The van der Waals surface area contributed by atoms with E-state index in [1.54, 1.807) is 0 Å². The van der Waals surface area contributed by atoms with Crippen LogP contribution in [0.4, 0.5) is 0 Å². The molecule has 0 bridgehead atoms. The molecule has 0 aliphatic carbocycles. The molecular formula is C28H46Br2N2. The number of aryl methyl sites for hydroxylation is 2. The third-order valence-electron chi connectivity index (χ3n) is 6.16. The predicted octanol–water partition coefficient (Wildman–Crippen LogP) is 1.44. The first-order chi connectivity index (χ1) is 14.8. The molecule has 0 aromatic carbocycles. The van der Waals surface area contributed by atoms with Crippen molar-refractivity contribution in [3.8, 4) is 11.1 Å². The molecule has 2 heterocycles. The van der Waals surface area contributed by atoms with Crippen LogP contribution < -0.4 is 43.1 Å². The Balaban J connectivity index is 0.00000480. The molecule has 2 aromatic heterocycles. The molecule has 0 spiro atoms. The summed E-state index contributed by atoms with van der Waals surface area (Å²) in [4.78, 5) is 0. The second-order valence-corrected chi connectivity index (χ2v) is 8.89. The van der Waals surface area contributed by atoms with Crippen LogP contribution in [0.1, 0.15) is 104 Å². The number of hydrogen-bond acceptors (Lipinski definition) is 0. The van der Waals surface area contributed by atoms with Crippen LogP contribution in [0, 0.1) is 0 Å². The molecule has 4 heteroatoms. The molecule has 32 heavy (non-hydrogen) atoms. The quantitative estimate of drug-likeness (QED) is 0.201. The Morgan fingerprint density at radius 2 is 0.719 bits per heavy atom. The number of aromatic nitrogens is 2. The Morgan fingerprint density at radius 3 is 1.03 bits per heavy atom. The lowest BCUT2D eigenvalue weighted by molar-refractivity contribution is -0.697. The van der Waals surface area contributed by atoms with Gasteiger partial charge in [-0.05, 0) is 24.0 Å². The highest BCUT2D eigenvalue weighted by Gasteiger charge is 2.06. The summed E-state index contributed by atoms with van der Waals surface area (Å²) in [6.45, 7) is 6.85. The molecule has 0 unspecified atom stereocenters. The van der Waals surface area contributed by atoms with Crippen molar-refractivity contribution in [1.29, 1.82) is 0 Å². The van der Waals surface area contributed by atoms with Crippen molar-refractivity contribution in [1.82, 2.24) is 0 Å². The van der Waals surface area contributed by atoms with Crippen molar-refractivity contribution in [2.24, 2.45) is 0 Å². The number of nitrogens with zero attached hydrogens (tertiary/aromatic N) is 2. The molecule has 0 radical (unpaired) electrons. The summed E-state index contributed by atoms with van der Waals surface area (Å²) in [5, 5.41) is 0. The zero-order valence-electron chi connectivity index (χ0n) is 20.6. The molecule has 182 valence electrons. The van der Waals surface area contributed by atoms with Crippen LogP contribution in [-0.4, -0.2) is 0 Å². The van der Waals surface area contributed by atoms with Gasteiger partial charge in [0.05, 0.1) is 0 Å². The summed E-state index contributed by atoms with van der Waals surface area (Å²) < 4.78 is 4.67. The number of halogens is 2. The van der Waals surface area contributed by atoms with Gasteiger partial charge >= 0.3 is 0 Å².